The van der Waals surface area contributed by atoms with Gasteiger partial charge in [-0.25, -0.2) is 0 Å². The molecule has 3 rings (SSSR count). The molecule has 1 saturated carbocycles. The minimum Gasteiger partial charge on any atom is -0.369 e. The van der Waals surface area contributed by atoms with Crippen LogP contribution >= 0.6 is 11.9 Å². The molecule has 1 aliphatic carbocycles. The summed E-state index contributed by atoms with van der Waals surface area (Å²) in [4.78, 5) is 10.7. The maximum atomic E-state index is 4.55. The zero-order valence-electron chi connectivity index (χ0n) is 20.2. The van der Waals surface area contributed by atoms with E-state index in [1.54, 1.807) is 11.9 Å². The van der Waals surface area contributed by atoms with Crippen LogP contribution in [0.25, 0.3) is 5.70 Å². The number of hydrogen-bond donors (Lipinski definition) is 1. The van der Waals surface area contributed by atoms with Gasteiger partial charge in [0.15, 0.2) is 0 Å². The SMILES string of the molecule is C=C/C(C)=C(/N=C\C)C(=C/C)\SNc1ccc(C(=C)N2CCN(CC3CC3)CC2)cc1C. The second-order valence-corrected chi connectivity index (χ2v) is 9.54. The number of nitrogens with one attached hydrogen (secondary N) is 1. The number of hydrogen-bond acceptors (Lipinski definition) is 5. The Labute approximate surface area is 199 Å². The van der Waals surface area contributed by atoms with Crippen molar-refractivity contribution in [3.63, 3.8) is 0 Å². The van der Waals surface area contributed by atoms with Crippen molar-refractivity contribution >= 4 is 29.5 Å². The minimum absolute atomic E-state index is 0.950. The van der Waals surface area contributed by atoms with Crippen LogP contribution in [0.1, 0.15) is 44.7 Å². The van der Waals surface area contributed by atoms with Crippen LogP contribution in [0.15, 0.2) is 64.7 Å². The molecule has 0 radical (unpaired) electrons. The molecule has 2 aliphatic rings. The predicted molar refractivity (Wildman–Crippen MR) is 143 cm³/mol. The van der Waals surface area contributed by atoms with E-state index in [2.05, 4.69) is 63.9 Å². The second-order valence-electron chi connectivity index (χ2n) is 8.69. The highest BCUT2D eigenvalue weighted by Crippen LogP contribution is 2.32. The smallest absolute Gasteiger partial charge is 0.0804 e. The summed E-state index contributed by atoms with van der Waals surface area (Å²) >= 11 is 1.59. The van der Waals surface area contributed by atoms with Crippen LogP contribution in [-0.4, -0.2) is 48.7 Å². The molecular formula is C27H38N4S. The maximum Gasteiger partial charge on any atom is 0.0804 e. The Hall–Kier alpha value is -2.24. The van der Waals surface area contributed by atoms with Crippen molar-refractivity contribution in [2.75, 3.05) is 37.4 Å². The van der Waals surface area contributed by atoms with Gasteiger partial charge in [0.25, 0.3) is 0 Å². The lowest BCUT2D eigenvalue weighted by atomic mass is 10.1. The fourth-order valence-electron chi connectivity index (χ4n) is 3.95. The van der Waals surface area contributed by atoms with Crippen molar-refractivity contribution in [2.45, 2.75) is 40.5 Å². The number of piperazine rings is 1. The van der Waals surface area contributed by atoms with Crippen LogP contribution in [0.3, 0.4) is 0 Å². The van der Waals surface area contributed by atoms with Crippen molar-refractivity contribution in [2.24, 2.45) is 10.9 Å². The van der Waals surface area contributed by atoms with Crippen molar-refractivity contribution in [3.05, 3.63) is 70.8 Å². The van der Waals surface area contributed by atoms with E-state index in [0.717, 1.165) is 59.7 Å². The summed E-state index contributed by atoms with van der Waals surface area (Å²) < 4.78 is 3.51. The highest BCUT2D eigenvalue weighted by molar-refractivity contribution is 8.04. The number of aliphatic imine (C=N–C) groups is 1. The van der Waals surface area contributed by atoms with Gasteiger partial charge in [-0.3, -0.25) is 9.89 Å². The quantitative estimate of drug-likeness (QED) is 0.250. The van der Waals surface area contributed by atoms with Gasteiger partial charge in [0, 0.05) is 50.3 Å². The van der Waals surface area contributed by atoms with E-state index >= 15 is 0 Å². The molecular weight excluding hydrogens is 412 g/mol. The molecule has 1 aliphatic heterocycles. The van der Waals surface area contributed by atoms with E-state index in [-0.39, 0.29) is 0 Å². The fraction of sp³-hybridized carbons (Fsp3) is 0.444. The molecule has 0 bridgehead atoms. The van der Waals surface area contributed by atoms with E-state index in [1.165, 1.54) is 30.5 Å². The van der Waals surface area contributed by atoms with Gasteiger partial charge in [-0.1, -0.05) is 31.4 Å². The molecule has 172 valence electrons. The molecule has 0 amide bonds. The van der Waals surface area contributed by atoms with Crippen molar-refractivity contribution in [1.82, 2.24) is 9.80 Å². The van der Waals surface area contributed by atoms with E-state index in [0.29, 0.717) is 0 Å². The van der Waals surface area contributed by atoms with Crippen LogP contribution < -0.4 is 4.72 Å². The Balaban J connectivity index is 1.61. The topological polar surface area (TPSA) is 30.9 Å². The third kappa shape index (κ3) is 6.39. The minimum atomic E-state index is 0.950. The lowest BCUT2D eigenvalue weighted by Crippen LogP contribution is -2.45. The Bertz CT molecular complexity index is 916. The molecule has 1 heterocycles. The van der Waals surface area contributed by atoms with E-state index in [4.69, 9.17) is 0 Å². The molecule has 1 N–H and O–H groups in total. The third-order valence-corrected chi connectivity index (χ3v) is 7.20. The lowest BCUT2D eigenvalue weighted by Gasteiger charge is -2.37. The molecule has 0 aromatic heterocycles. The molecule has 32 heavy (non-hydrogen) atoms. The first-order valence-corrected chi connectivity index (χ1v) is 12.5. The molecule has 2 fully saturated rings. The Morgan fingerprint density at radius 1 is 1.22 bits per heavy atom. The van der Waals surface area contributed by atoms with Crippen LogP contribution in [0.4, 0.5) is 5.69 Å². The summed E-state index contributed by atoms with van der Waals surface area (Å²) in [6, 6.07) is 6.58. The number of rotatable bonds is 10. The van der Waals surface area contributed by atoms with Crippen LogP contribution in [0, 0.1) is 12.8 Å². The molecule has 0 spiro atoms. The Morgan fingerprint density at radius 3 is 2.50 bits per heavy atom. The summed E-state index contributed by atoms with van der Waals surface area (Å²) in [6.07, 6.45) is 8.62. The summed E-state index contributed by atoms with van der Waals surface area (Å²) in [5.74, 6) is 0.967. The number of benzene rings is 1. The number of nitrogens with zero attached hydrogens (tertiary/aromatic N) is 3. The highest BCUT2D eigenvalue weighted by atomic mass is 32.2. The Morgan fingerprint density at radius 2 is 1.94 bits per heavy atom. The number of aryl methyl sites for hydroxylation is 1. The first-order valence-electron chi connectivity index (χ1n) is 11.7. The summed E-state index contributed by atoms with van der Waals surface area (Å²) in [5, 5.41) is 0. The van der Waals surface area contributed by atoms with Gasteiger partial charge in [-0.2, -0.15) is 0 Å². The standard InChI is InChI=1S/C27H38N4S/c1-7-20(4)27(28-9-3)26(8-2)32-29-25-13-12-24(18-21(25)5)22(6)31-16-14-30(15-17-31)19-23-10-11-23/h7-9,12-13,18,23,29H,1,6,10-11,14-17,19H2,2-5H3/b26-8+,27-20+,28-9-. The average Bonchev–Trinajstić information content (AvgIpc) is 3.63. The third-order valence-electron chi connectivity index (χ3n) is 6.23. The number of anilines is 1. The lowest BCUT2D eigenvalue weighted by molar-refractivity contribution is 0.170. The van der Waals surface area contributed by atoms with E-state index in [1.807, 2.05) is 33.1 Å². The van der Waals surface area contributed by atoms with Gasteiger partial charge in [0.2, 0.25) is 0 Å². The van der Waals surface area contributed by atoms with Crippen LogP contribution in [-0.2, 0) is 0 Å². The second kappa shape index (κ2) is 11.6. The molecule has 0 unspecified atom stereocenters. The molecule has 4 nitrogen and oxygen atoms in total. The Kier molecular flexibility index (Phi) is 8.83. The molecule has 5 heteroatoms. The van der Waals surface area contributed by atoms with Crippen LogP contribution in [0.2, 0.25) is 0 Å². The van der Waals surface area contributed by atoms with Gasteiger partial charge in [-0.15, -0.1) is 0 Å². The molecule has 1 aromatic rings. The normalized spacial score (nSPS) is 18.6. The largest absolute Gasteiger partial charge is 0.369 e. The zero-order valence-corrected chi connectivity index (χ0v) is 21.0. The summed E-state index contributed by atoms with van der Waals surface area (Å²) in [7, 11) is 0. The molecule has 1 aromatic carbocycles. The summed E-state index contributed by atoms with van der Waals surface area (Å²) in [6.45, 7) is 22.2. The van der Waals surface area contributed by atoms with Gasteiger partial charge in [0.05, 0.1) is 10.6 Å². The fourth-order valence-corrected chi connectivity index (χ4v) is 4.82. The van der Waals surface area contributed by atoms with Crippen molar-refractivity contribution < 1.29 is 0 Å². The molecule has 0 atom stereocenters. The van der Waals surface area contributed by atoms with E-state index < -0.39 is 0 Å². The zero-order chi connectivity index (χ0) is 23.1. The van der Waals surface area contributed by atoms with Gasteiger partial charge >= 0.3 is 0 Å². The van der Waals surface area contributed by atoms with Gasteiger partial charge in [-0.05, 0) is 87.2 Å². The van der Waals surface area contributed by atoms with Crippen molar-refractivity contribution in [1.29, 1.82) is 0 Å². The maximum absolute atomic E-state index is 4.55. The molecule has 1 saturated heterocycles. The highest BCUT2D eigenvalue weighted by Gasteiger charge is 2.26. The monoisotopic (exact) mass is 450 g/mol. The average molecular weight is 451 g/mol. The summed E-state index contributed by atoms with van der Waals surface area (Å²) in [5.41, 5.74) is 6.67. The van der Waals surface area contributed by atoms with E-state index in [9.17, 15) is 0 Å². The predicted octanol–water partition coefficient (Wildman–Crippen LogP) is 6.51. The van der Waals surface area contributed by atoms with Gasteiger partial charge < -0.3 is 9.62 Å². The number of allylic oxidation sites excluding steroid dienone is 3. The van der Waals surface area contributed by atoms with Crippen LogP contribution in [0.5, 0.6) is 0 Å². The first kappa shape index (κ1) is 24.4. The van der Waals surface area contributed by atoms with Crippen molar-refractivity contribution in [3.8, 4) is 0 Å². The van der Waals surface area contributed by atoms with Gasteiger partial charge in [0.1, 0.15) is 0 Å². The first-order chi connectivity index (χ1) is 15.5.